The molecule has 0 saturated carbocycles. The SMILES string of the molecule is CC(C)CNC(=O)Cn1c(-c2ccccn2)nc2scc(C(=O)O)c2c1=O. The minimum Gasteiger partial charge on any atom is -0.478 e. The van der Waals surface area contributed by atoms with E-state index in [9.17, 15) is 19.5 Å². The van der Waals surface area contributed by atoms with E-state index in [1.54, 1.807) is 24.4 Å². The van der Waals surface area contributed by atoms with Crippen LogP contribution in [-0.4, -0.2) is 38.1 Å². The minimum atomic E-state index is -1.21. The number of aromatic carboxylic acids is 1. The van der Waals surface area contributed by atoms with Crippen molar-refractivity contribution >= 4 is 33.4 Å². The molecule has 0 aliphatic heterocycles. The molecule has 3 heterocycles. The number of thiophene rings is 1. The molecule has 0 fully saturated rings. The molecule has 0 atom stereocenters. The van der Waals surface area contributed by atoms with E-state index in [0.717, 1.165) is 11.3 Å². The Morgan fingerprint density at radius 3 is 2.74 bits per heavy atom. The minimum absolute atomic E-state index is 0.00356. The molecule has 3 aromatic rings. The lowest BCUT2D eigenvalue weighted by Crippen LogP contribution is -2.35. The number of fused-ring (bicyclic) bond motifs is 1. The van der Waals surface area contributed by atoms with E-state index in [0.29, 0.717) is 17.1 Å². The zero-order valence-corrected chi connectivity index (χ0v) is 15.6. The molecular weight excluding hydrogens is 368 g/mol. The Labute approximate surface area is 158 Å². The van der Waals surface area contributed by atoms with Crippen molar-refractivity contribution in [3.63, 3.8) is 0 Å². The van der Waals surface area contributed by atoms with Gasteiger partial charge in [-0.2, -0.15) is 0 Å². The predicted octanol–water partition coefficient (Wildman–Crippen LogP) is 1.99. The van der Waals surface area contributed by atoms with Crippen molar-refractivity contribution in [3.05, 3.63) is 45.7 Å². The largest absolute Gasteiger partial charge is 0.478 e. The van der Waals surface area contributed by atoms with Crippen LogP contribution in [0.15, 0.2) is 34.6 Å². The Morgan fingerprint density at radius 2 is 2.11 bits per heavy atom. The summed E-state index contributed by atoms with van der Waals surface area (Å²) in [5.41, 5.74) is -0.256. The second-order valence-corrected chi connectivity index (χ2v) is 7.23. The topological polar surface area (TPSA) is 114 Å². The van der Waals surface area contributed by atoms with Crippen molar-refractivity contribution in [2.75, 3.05) is 6.54 Å². The van der Waals surface area contributed by atoms with Crippen LogP contribution in [0.3, 0.4) is 0 Å². The molecule has 0 saturated heterocycles. The second-order valence-electron chi connectivity index (χ2n) is 6.37. The van der Waals surface area contributed by atoms with Crippen LogP contribution in [0.2, 0.25) is 0 Å². The first-order valence-electron chi connectivity index (χ1n) is 8.32. The van der Waals surface area contributed by atoms with Crippen LogP contribution in [0.1, 0.15) is 24.2 Å². The van der Waals surface area contributed by atoms with Crippen molar-refractivity contribution in [2.24, 2.45) is 5.92 Å². The molecule has 3 aromatic heterocycles. The molecule has 27 heavy (non-hydrogen) atoms. The lowest BCUT2D eigenvalue weighted by molar-refractivity contribution is -0.121. The van der Waals surface area contributed by atoms with Gasteiger partial charge in [-0.15, -0.1) is 11.3 Å². The maximum absolute atomic E-state index is 13.0. The van der Waals surface area contributed by atoms with Crippen molar-refractivity contribution in [2.45, 2.75) is 20.4 Å². The lowest BCUT2D eigenvalue weighted by Gasteiger charge is -2.13. The first kappa shape index (κ1) is 18.7. The van der Waals surface area contributed by atoms with Gasteiger partial charge in [-0.05, 0) is 18.1 Å². The van der Waals surface area contributed by atoms with E-state index < -0.39 is 11.5 Å². The highest BCUT2D eigenvalue weighted by Gasteiger charge is 2.22. The van der Waals surface area contributed by atoms with Gasteiger partial charge < -0.3 is 10.4 Å². The van der Waals surface area contributed by atoms with Gasteiger partial charge in [0, 0.05) is 18.1 Å². The van der Waals surface area contributed by atoms with Gasteiger partial charge >= 0.3 is 5.97 Å². The van der Waals surface area contributed by atoms with Crippen molar-refractivity contribution in [3.8, 4) is 11.5 Å². The first-order chi connectivity index (χ1) is 12.9. The smallest absolute Gasteiger partial charge is 0.337 e. The summed E-state index contributed by atoms with van der Waals surface area (Å²) in [6.07, 6.45) is 1.56. The fourth-order valence-corrected chi connectivity index (χ4v) is 3.44. The van der Waals surface area contributed by atoms with E-state index in [1.165, 1.54) is 9.95 Å². The molecule has 9 heteroatoms. The fraction of sp³-hybridized carbons (Fsp3) is 0.278. The summed E-state index contributed by atoms with van der Waals surface area (Å²) in [5.74, 6) is -1.07. The number of rotatable bonds is 6. The van der Waals surface area contributed by atoms with Crippen LogP contribution < -0.4 is 10.9 Å². The van der Waals surface area contributed by atoms with E-state index in [-0.39, 0.29) is 35.1 Å². The van der Waals surface area contributed by atoms with E-state index >= 15 is 0 Å². The van der Waals surface area contributed by atoms with Gasteiger partial charge in [0.15, 0.2) is 5.82 Å². The molecule has 3 rings (SSSR count). The Morgan fingerprint density at radius 1 is 1.33 bits per heavy atom. The normalized spacial score (nSPS) is 11.1. The highest BCUT2D eigenvalue weighted by atomic mass is 32.1. The first-order valence-corrected chi connectivity index (χ1v) is 9.20. The molecule has 2 N–H and O–H groups in total. The third-order valence-electron chi connectivity index (χ3n) is 3.83. The lowest BCUT2D eigenvalue weighted by atomic mass is 10.2. The molecule has 0 aromatic carbocycles. The number of hydrogen-bond acceptors (Lipinski definition) is 6. The molecule has 1 amide bonds. The summed E-state index contributed by atoms with van der Waals surface area (Å²) in [5, 5.41) is 13.5. The number of hydrogen-bond donors (Lipinski definition) is 2. The average Bonchev–Trinajstić information content (AvgIpc) is 3.07. The van der Waals surface area contributed by atoms with E-state index in [4.69, 9.17) is 0 Å². The molecular formula is C18H18N4O4S. The molecule has 8 nitrogen and oxygen atoms in total. The molecule has 0 aliphatic carbocycles. The standard InChI is InChI=1S/C18H18N4O4S/c1-10(2)7-20-13(23)8-22-15(12-5-3-4-6-19-12)21-16-14(17(22)24)11(9-27-16)18(25)26/h3-6,9-10H,7-8H2,1-2H3,(H,20,23)(H,25,26). The Hall–Kier alpha value is -3.07. The summed E-state index contributed by atoms with van der Waals surface area (Å²) in [6, 6.07) is 5.16. The Kier molecular flexibility index (Phi) is 5.31. The van der Waals surface area contributed by atoms with E-state index in [2.05, 4.69) is 15.3 Å². The molecule has 0 bridgehead atoms. The summed E-state index contributed by atoms with van der Waals surface area (Å²) in [4.78, 5) is 45.7. The average molecular weight is 386 g/mol. The number of nitrogens with zero attached hydrogens (tertiary/aromatic N) is 3. The number of carbonyl (C=O) groups excluding carboxylic acids is 1. The third kappa shape index (κ3) is 3.87. The number of aromatic nitrogens is 3. The predicted molar refractivity (Wildman–Crippen MR) is 102 cm³/mol. The van der Waals surface area contributed by atoms with Gasteiger partial charge in [-0.25, -0.2) is 9.78 Å². The van der Waals surface area contributed by atoms with E-state index in [1.807, 2.05) is 13.8 Å². The maximum atomic E-state index is 13.0. The Balaban J connectivity index is 2.16. The van der Waals surface area contributed by atoms with Crippen LogP contribution in [-0.2, 0) is 11.3 Å². The number of pyridine rings is 1. The third-order valence-corrected chi connectivity index (χ3v) is 4.70. The van der Waals surface area contributed by atoms with Crippen LogP contribution in [0.5, 0.6) is 0 Å². The van der Waals surface area contributed by atoms with Crippen molar-refractivity contribution < 1.29 is 14.7 Å². The number of carboxylic acids is 1. The van der Waals surface area contributed by atoms with Crippen LogP contribution in [0.4, 0.5) is 0 Å². The van der Waals surface area contributed by atoms with Gasteiger partial charge in [0.2, 0.25) is 5.91 Å². The van der Waals surface area contributed by atoms with Gasteiger partial charge in [0.25, 0.3) is 5.56 Å². The number of carbonyl (C=O) groups is 2. The van der Waals surface area contributed by atoms with Gasteiger partial charge in [-0.3, -0.25) is 19.1 Å². The van der Waals surface area contributed by atoms with Crippen molar-refractivity contribution in [1.82, 2.24) is 19.9 Å². The van der Waals surface area contributed by atoms with Gasteiger partial charge in [0.1, 0.15) is 17.1 Å². The van der Waals surface area contributed by atoms with Gasteiger partial charge in [0.05, 0.1) is 10.9 Å². The summed E-state index contributed by atoms with van der Waals surface area (Å²) in [6.45, 7) is 4.13. The molecule has 0 aliphatic rings. The highest BCUT2D eigenvalue weighted by Crippen LogP contribution is 2.24. The maximum Gasteiger partial charge on any atom is 0.337 e. The molecule has 0 spiro atoms. The summed E-state index contributed by atoms with van der Waals surface area (Å²) < 4.78 is 1.18. The second kappa shape index (κ2) is 7.67. The fourth-order valence-electron chi connectivity index (χ4n) is 2.54. The number of nitrogens with one attached hydrogen (secondary N) is 1. The number of amides is 1. The number of carboxylic acid groups (broad SMARTS) is 1. The van der Waals surface area contributed by atoms with Crippen molar-refractivity contribution in [1.29, 1.82) is 0 Å². The summed E-state index contributed by atoms with van der Waals surface area (Å²) >= 11 is 1.07. The highest BCUT2D eigenvalue weighted by molar-refractivity contribution is 7.17. The summed E-state index contributed by atoms with van der Waals surface area (Å²) in [7, 11) is 0. The zero-order valence-electron chi connectivity index (χ0n) is 14.8. The molecule has 0 unspecified atom stereocenters. The van der Waals surface area contributed by atoms with Crippen LogP contribution >= 0.6 is 11.3 Å². The van der Waals surface area contributed by atoms with Crippen LogP contribution in [0, 0.1) is 5.92 Å². The monoisotopic (exact) mass is 386 g/mol. The molecule has 0 radical (unpaired) electrons. The molecule has 140 valence electrons. The Bertz CT molecular complexity index is 1060. The quantitative estimate of drug-likeness (QED) is 0.670. The van der Waals surface area contributed by atoms with Gasteiger partial charge in [-0.1, -0.05) is 19.9 Å². The van der Waals surface area contributed by atoms with Crippen LogP contribution in [0.25, 0.3) is 21.7 Å². The zero-order chi connectivity index (χ0) is 19.6.